The Morgan fingerprint density at radius 3 is 1.19 bits per heavy atom. The van der Waals surface area contributed by atoms with Crippen LogP contribution in [0.15, 0.2) is 12.2 Å². The van der Waals surface area contributed by atoms with Gasteiger partial charge in [-0.15, -0.1) is 0 Å². The van der Waals surface area contributed by atoms with E-state index >= 15 is 0 Å². The van der Waals surface area contributed by atoms with E-state index in [1.165, 1.54) is 0 Å². The van der Waals surface area contributed by atoms with Crippen molar-refractivity contribution >= 4 is 15.6 Å². The number of hydrogen-bond donors (Lipinski definition) is 4. The minimum atomic E-state index is -4.31. The quantitative estimate of drug-likeness (QED) is 0.146. The lowest BCUT2D eigenvalue weighted by molar-refractivity contribution is 0.191. The maximum Gasteiger partial charge on any atom is 0.469 e. The molecule has 4 N–H and O–H groups in total. The van der Waals surface area contributed by atoms with E-state index in [9.17, 15) is 9.13 Å². The SMILES string of the molecule is O=P(O)(O)OCCCCCC/C=C/CCCCCCCCOP(=O)(O)O. The zero-order chi connectivity index (χ0) is 19.7. The summed E-state index contributed by atoms with van der Waals surface area (Å²) in [6.07, 6.45) is 16.2. The van der Waals surface area contributed by atoms with E-state index in [1.807, 2.05) is 0 Å². The van der Waals surface area contributed by atoms with Gasteiger partial charge in [-0.2, -0.15) is 0 Å². The van der Waals surface area contributed by atoms with Crippen LogP contribution in [0.4, 0.5) is 0 Å². The highest BCUT2D eigenvalue weighted by molar-refractivity contribution is 7.46. The molecule has 0 aliphatic carbocycles. The fourth-order valence-corrected chi connectivity index (χ4v) is 3.13. The number of allylic oxidation sites excluding steroid dienone is 2. The molecule has 0 atom stereocenters. The van der Waals surface area contributed by atoms with Gasteiger partial charge in [-0.1, -0.05) is 50.7 Å². The van der Waals surface area contributed by atoms with Crippen molar-refractivity contribution in [3.05, 3.63) is 12.2 Å². The molecule has 0 aromatic carbocycles. The first-order valence-electron chi connectivity index (χ1n) is 9.26. The van der Waals surface area contributed by atoms with Crippen LogP contribution in [0.2, 0.25) is 0 Å². The molecule has 0 heterocycles. The molecular formula is C16H34O8P2. The Morgan fingerprint density at radius 2 is 0.846 bits per heavy atom. The lowest BCUT2D eigenvalue weighted by Gasteiger charge is -2.04. The Bertz CT molecular complexity index is 444. The molecule has 0 aromatic rings. The first kappa shape index (κ1) is 26.0. The van der Waals surface area contributed by atoms with Gasteiger partial charge in [0.2, 0.25) is 0 Å². The van der Waals surface area contributed by atoms with Gasteiger partial charge in [0.05, 0.1) is 13.2 Å². The Balaban J connectivity index is 3.20. The number of hydrogen-bond acceptors (Lipinski definition) is 4. The summed E-state index contributed by atoms with van der Waals surface area (Å²) in [5.41, 5.74) is 0. The van der Waals surface area contributed by atoms with Crippen LogP contribution in [-0.4, -0.2) is 32.8 Å². The van der Waals surface area contributed by atoms with Crippen molar-refractivity contribution in [2.75, 3.05) is 13.2 Å². The summed E-state index contributed by atoms with van der Waals surface area (Å²) in [4.78, 5) is 34.1. The zero-order valence-corrected chi connectivity index (χ0v) is 17.2. The summed E-state index contributed by atoms with van der Waals surface area (Å²) < 4.78 is 29.7. The second kappa shape index (κ2) is 16.0. The lowest BCUT2D eigenvalue weighted by Crippen LogP contribution is -1.92. The molecule has 0 rings (SSSR count). The molecule has 0 unspecified atom stereocenters. The van der Waals surface area contributed by atoms with E-state index in [0.717, 1.165) is 64.2 Å². The minimum Gasteiger partial charge on any atom is -0.303 e. The lowest BCUT2D eigenvalue weighted by atomic mass is 10.1. The summed E-state index contributed by atoms with van der Waals surface area (Å²) in [7, 11) is -8.61. The van der Waals surface area contributed by atoms with Crippen molar-refractivity contribution in [1.29, 1.82) is 0 Å². The van der Waals surface area contributed by atoms with Crippen molar-refractivity contribution < 1.29 is 37.8 Å². The van der Waals surface area contributed by atoms with E-state index in [-0.39, 0.29) is 13.2 Å². The average Bonchev–Trinajstić information content (AvgIpc) is 2.51. The number of unbranched alkanes of at least 4 members (excludes halogenated alkanes) is 10. The van der Waals surface area contributed by atoms with Gasteiger partial charge in [0.15, 0.2) is 0 Å². The molecule has 0 fully saturated rings. The Kier molecular flexibility index (Phi) is 15.9. The van der Waals surface area contributed by atoms with Gasteiger partial charge < -0.3 is 19.6 Å². The smallest absolute Gasteiger partial charge is 0.303 e. The molecule has 0 aliphatic rings. The molecule has 0 aliphatic heterocycles. The molecule has 8 nitrogen and oxygen atoms in total. The molecule has 26 heavy (non-hydrogen) atoms. The molecule has 156 valence electrons. The third-order valence-corrected chi connectivity index (χ3v) is 4.75. The normalized spacial score (nSPS) is 12.9. The third-order valence-electron chi connectivity index (χ3n) is 3.72. The van der Waals surface area contributed by atoms with Crippen LogP contribution in [0.25, 0.3) is 0 Å². The summed E-state index contributed by atoms with van der Waals surface area (Å²) in [5, 5.41) is 0. The third kappa shape index (κ3) is 24.0. The largest absolute Gasteiger partial charge is 0.469 e. The van der Waals surface area contributed by atoms with E-state index < -0.39 is 15.6 Å². The van der Waals surface area contributed by atoms with Gasteiger partial charge in [0.1, 0.15) is 0 Å². The van der Waals surface area contributed by atoms with Gasteiger partial charge in [0, 0.05) is 0 Å². The minimum absolute atomic E-state index is 0.108. The molecule has 0 aromatic heterocycles. The Labute approximate surface area is 156 Å². The van der Waals surface area contributed by atoms with Gasteiger partial charge in [-0.05, 0) is 38.5 Å². The van der Waals surface area contributed by atoms with Crippen molar-refractivity contribution in [3.63, 3.8) is 0 Å². The molecule has 0 spiro atoms. The van der Waals surface area contributed by atoms with Crippen LogP contribution >= 0.6 is 15.6 Å². The van der Waals surface area contributed by atoms with E-state index in [2.05, 4.69) is 21.2 Å². The van der Waals surface area contributed by atoms with Gasteiger partial charge in [-0.25, -0.2) is 9.13 Å². The predicted octanol–water partition coefficient (Wildman–Crippen LogP) is 4.44. The molecule has 0 saturated heterocycles. The first-order chi connectivity index (χ1) is 12.2. The van der Waals surface area contributed by atoms with Crippen LogP contribution in [-0.2, 0) is 18.2 Å². The molecule has 0 bridgehead atoms. The molecule has 10 heteroatoms. The number of phosphoric ester groups is 2. The van der Waals surface area contributed by atoms with E-state index in [1.54, 1.807) is 0 Å². The Hall–Kier alpha value is -0.0400. The van der Waals surface area contributed by atoms with Crippen molar-refractivity contribution in [1.82, 2.24) is 0 Å². The summed E-state index contributed by atoms with van der Waals surface area (Å²) in [6.45, 7) is 0.223. The second-order valence-electron chi connectivity index (χ2n) is 6.23. The summed E-state index contributed by atoms with van der Waals surface area (Å²) in [5.74, 6) is 0. The molecule has 0 saturated carbocycles. The highest BCUT2D eigenvalue weighted by Gasteiger charge is 2.12. The first-order valence-corrected chi connectivity index (χ1v) is 12.3. The second-order valence-corrected chi connectivity index (χ2v) is 8.71. The number of rotatable bonds is 18. The van der Waals surface area contributed by atoms with Crippen molar-refractivity contribution in [2.24, 2.45) is 0 Å². The van der Waals surface area contributed by atoms with Crippen LogP contribution in [0.3, 0.4) is 0 Å². The van der Waals surface area contributed by atoms with Crippen LogP contribution in [0.5, 0.6) is 0 Å². The summed E-state index contributed by atoms with van der Waals surface area (Å²) in [6, 6.07) is 0. The van der Waals surface area contributed by atoms with E-state index in [4.69, 9.17) is 19.6 Å². The van der Waals surface area contributed by atoms with Crippen LogP contribution in [0.1, 0.15) is 77.0 Å². The van der Waals surface area contributed by atoms with Crippen molar-refractivity contribution in [3.8, 4) is 0 Å². The average molecular weight is 416 g/mol. The summed E-state index contributed by atoms with van der Waals surface area (Å²) >= 11 is 0. The standard InChI is InChI=1S/C16H34O8P2/c17-25(18,19)23-15-13-11-9-7-5-3-1-2-4-6-8-10-12-14-16-24-26(20,21)22/h1,3H,2,4-16H2,(H2,17,18,19)(H2,20,21,22)/b3-1+. The van der Waals surface area contributed by atoms with Crippen LogP contribution < -0.4 is 0 Å². The van der Waals surface area contributed by atoms with Gasteiger partial charge in [-0.3, -0.25) is 9.05 Å². The van der Waals surface area contributed by atoms with Crippen molar-refractivity contribution in [2.45, 2.75) is 77.0 Å². The monoisotopic (exact) mass is 416 g/mol. The highest BCUT2D eigenvalue weighted by atomic mass is 31.2. The number of phosphoric acid groups is 2. The van der Waals surface area contributed by atoms with Gasteiger partial charge >= 0.3 is 15.6 Å². The topological polar surface area (TPSA) is 134 Å². The zero-order valence-electron chi connectivity index (χ0n) is 15.4. The predicted molar refractivity (Wildman–Crippen MR) is 101 cm³/mol. The van der Waals surface area contributed by atoms with Crippen LogP contribution in [0, 0.1) is 0 Å². The molecule has 0 radical (unpaired) electrons. The highest BCUT2D eigenvalue weighted by Crippen LogP contribution is 2.36. The Morgan fingerprint density at radius 1 is 0.538 bits per heavy atom. The fraction of sp³-hybridized carbons (Fsp3) is 0.875. The molecule has 0 amide bonds. The maximum absolute atomic E-state index is 10.5. The molecular weight excluding hydrogens is 382 g/mol. The van der Waals surface area contributed by atoms with E-state index in [0.29, 0.717) is 12.8 Å². The maximum atomic E-state index is 10.5. The fourth-order valence-electron chi connectivity index (χ4n) is 2.39. The van der Waals surface area contributed by atoms with Gasteiger partial charge in [0.25, 0.3) is 0 Å².